The van der Waals surface area contributed by atoms with E-state index in [0.717, 1.165) is 43.2 Å². The molecule has 1 fully saturated rings. The van der Waals surface area contributed by atoms with Gasteiger partial charge in [0.25, 0.3) is 0 Å². The maximum atomic E-state index is 10.7. The summed E-state index contributed by atoms with van der Waals surface area (Å²) in [5.74, 6) is 0.0278. The zero-order valence-corrected chi connectivity index (χ0v) is 12.6. The number of carboxylic acids is 1. The van der Waals surface area contributed by atoms with E-state index in [1.54, 1.807) is 19.1 Å². The van der Waals surface area contributed by atoms with Gasteiger partial charge in [-0.15, -0.1) is 0 Å². The number of nitrogens with zero attached hydrogens (tertiary/aromatic N) is 2. The number of piperazine rings is 1. The number of nitrogens with one attached hydrogen (secondary N) is 1. The van der Waals surface area contributed by atoms with E-state index < -0.39 is 5.97 Å². The van der Waals surface area contributed by atoms with Crippen molar-refractivity contribution in [2.75, 3.05) is 51.8 Å². The van der Waals surface area contributed by atoms with Gasteiger partial charge in [0, 0.05) is 32.7 Å². The predicted molar refractivity (Wildman–Crippen MR) is 82.0 cm³/mol. The van der Waals surface area contributed by atoms with Crippen molar-refractivity contribution in [3.63, 3.8) is 0 Å². The Morgan fingerprint density at radius 2 is 2.14 bits per heavy atom. The Morgan fingerprint density at radius 1 is 1.43 bits per heavy atom. The molecule has 0 aliphatic carbocycles. The number of hydrogen-bond acceptors (Lipinski definition) is 5. The third-order valence-electron chi connectivity index (χ3n) is 3.56. The second-order valence-electron chi connectivity index (χ2n) is 5.31. The van der Waals surface area contributed by atoms with Crippen LogP contribution in [-0.2, 0) is 11.3 Å². The van der Waals surface area contributed by atoms with E-state index in [1.165, 1.54) is 0 Å². The van der Waals surface area contributed by atoms with Crippen molar-refractivity contribution in [2.24, 2.45) is 0 Å². The van der Waals surface area contributed by atoms with Crippen molar-refractivity contribution in [1.29, 1.82) is 0 Å². The third-order valence-corrected chi connectivity index (χ3v) is 3.56. The van der Waals surface area contributed by atoms with Crippen LogP contribution in [0.1, 0.15) is 5.56 Å². The van der Waals surface area contributed by atoms with Gasteiger partial charge in [0.05, 0.1) is 19.3 Å². The molecular weight excluding hydrogens is 270 g/mol. The largest absolute Gasteiger partial charge is 0.495 e. The molecule has 2 rings (SSSR count). The van der Waals surface area contributed by atoms with Crippen LogP contribution in [0.25, 0.3) is 0 Å². The van der Waals surface area contributed by atoms with Crippen LogP contribution in [-0.4, -0.2) is 62.9 Å². The molecule has 1 aliphatic rings. The van der Waals surface area contributed by atoms with E-state index >= 15 is 0 Å². The Balaban J connectivity index is 2.10. The van der Waals surface area contributed by atoms with Gasteiger partial charge in [-0.1, -0.05) is 6.07 Å². The summed E-state index contributed by atoms with van der Waals surface area (Å²) in [6, 6.07) is 6.10. The normalized spacial score (nSPS) is 15.3. The summed E-state index contributed by atoms with van der Waals surface area (Å²) < 4.78 is 5.50. The van der Waals surface area contributed by atoms with E-state index in [2.05, 4.69) is 16.3 Å². The number of ether oxygens (including phenoxy) is 1. The fraction of sp³-hybridized carbons (Fsp3) is 0.533. The quantitative estimate of drug-likeness (QED) is 0.802. The van der Waals surface area contributed by atoms with Crippen molar-refractivity contribution < 1.29 is 14.6 Å². The Hall–Kier alpha value is -1.79. The minimum atomic E-state index is -0.818. The summed E-state index contributed by atoms with van der Waals surface area (Å²) in [6.45, 7) is 4.51. The monoisotopic (exact) mass is 293 g/mol. The van der Waals surface area contributed by atoms with Crippen molar-refractivity contribution in [1.82, 2.24) is 10.2 Å². The lowest BCUT2D eigenvalue weighted by atomic mass is 10.1. The van der Waals surface area contributed by atoms with E-state index in [4.69, 9.17) is 9.84 Å². The molecule has 0 radical (unpaired) electrons. The van der Waals surface area contributed by atoms with Crippen molar-refractivity contribution in [3.05, 3.63) is 23.8 Å². The number of benzene rings is 1. The molecule has 0 saturated carbocycles. The average molecular weight is 293 g/mol. The van der Waals surface area contributed by atoms with Crippen LogP contribution in [0.2, 0.25) is 0 Å². The van der Waals surface area contributed by atoms with E-state index in [9.17, 15) is 4.79 Å². The van der Waals surface area contributed by atoms with Crippen LogP contribution in [0.4, 0.5) is 5.69 Å². The van der Waals surface area contributed by atoms with Crippen molar-refractivity contribution in [2.45, 2.75) is 6.54 Å². The molecule has 6 heteroatoms. The van der Waals surface area contributed by atoms with Gasteiger partial charge >= 0.3 is 5.97 Å². The molecule has 2 N–H and O–H groups in total. The fourth-order valence-corrected chi connectivity index (χ4v) is 2.59. The molecule has 1 aromatic rings. The molecule has 0 unspecified atom stereocenters. The standard InChI is InChI=1S/C15H23N3O3/c1-17(11-15(19)20)10-12-3-4-13(14(9-12)21-2)18-7-5-16-6-8-18/h3-4,9,16H,5-8,10-11H2,1-2H3,(H,19,20). The summed E-state index contributed by atoms with van der Waals surface area (Å²) in [5.41, 5.74) is 2.15. The molecule has 1 aromatic carbocycles. The molecule has 0 bridgehead atoms. The first-order valence-electron chi connectivity index (χ1n) is 7.13. The summed E-state index contributed by atoms with van der Waals surface area (Å²) >= 11 is 0. The Morgan fingerprint density at radius 3 is 2.76 bits per heavy atom. The molecule has 21 heavy (non-hydrogen) atoms. The minimum Gasteiger partial charge on any atom is -0.495 e. The summed E-state index contributed by atoms with van der Waals surface area (Å²) in [6.07, 6.45) is 0. The number of hydrogen-bond donors (Lipinski definition) is 2. The number of carboxylic acid groups (broad SMARTS) is 1. The first kappa shape index (κ1) is 15.6. The Labute approximate surface area is 125 Å². The summed E-state index contributed by atoms with van der Waals surface area (Å²) in [7, 11) is 3.47. The molecule has 1 aliphatic heterocycles. The summed E-state index contributed by atoms with van der Waals surface area (Å²) in [5, 5.41) is 12.1. The maximum Gasteiger partial charge on any atom is 0.317 e. The second-order valence-corrected chi connectivity index (χ2v) is 5.31. The van der Waals surface area contributed by atoms with Crippen LogP contribution >= 0.6 is 0 Å². The number of likely N-dealkylation sites (N-methyl/N-ethyl adjacent to an activating group) is 1. The smallest absolute Gasteiger partial charge is 0.317 e. The highest BCUT2D eigenvalue weighted by atomic mass is 16.5. The van der Waals surface area contributed by atoms with Gasteiger partial charge in [0.2, 0.25) is 0 Å². The zero-order chi connectivity index (χ0) is 15.2. The first-order valence-corrected chi connectivity index (χ1v) is 7.13. The highest BCUT2D eigenvalue weighted by Crippen LogP contribution is 2.29. The maximum absolute atomic E-state index is 10.7. The van der Waals surface area contributed by atoms with Crippen molar-refractivity contribution in [3.8, 4) is 5.75 Å². The zero-order valence-electron chi connectivity index (χ0n) is 12.6. The van der Waals surface area contributed by atoms with Crippen molar-refractivity contribution >= 4 is 11.7 Å². The van der Waals surface area contributed by atoms with Crippen LogP contribution in [0.15, 0.2) is 18.2 Å². The molecule has 1 saturated heterocycles. The lowest BCUT2D eigenvalue weighted by molar-refractivity contribution is -0.138. The molecule has 0 spiro atoms. The number of carbonyl (C=O) groups is 1. The van der Waals surface area contributed by atoms with Gasteiger partial charge in [-0.3, -0.25) is 9.69 Å². The van der Waals surface area contributed by atoms with Gasteiger partial charge in [0.15, 0.2) is 0 Å². The topological polar surface area (TPSA) is 65.0 Å². The predicted octanol–water partition coefficient (Wildman–Crippen LogP) is 0.621. The molecular formula is C15H23N3O3. The molecule has 116 valence electrons. The highest BCUT2D eigenvalue weighted by Gasteiger charge is 2.15. The lowest BCUT2D eigenvalue weighted by Gasteiger charge is -2.31. The first-order chi connectivity index (χ1) is 10.1. The molecule has 1 heterocycles. The van der Waals surface area contributed by atoms with E-state index in [1.807, 2.05) is 12.1 Å². The lowest BCUT2D eigenvalue weighted by Crippen LogP contribution is -2.43. The highest BCUT2D eigenvalue weighted by molar-refractivity contribution is 5.69. The SMILES string of the molecule is COc1cc(CN(C)CC(=O)O)ccc1N1CCNCC1. The Bertz CT molecular complexity index is 487. The molecule has 0 amide bonds. The van der Waals surface area contributed by atoms with Crippen LogP contribution in [0.3, 0.4) is 0 Å². The van der Waals surface area contributed by atoms with Crippen LogP contribution in [0.5, 0.6) is 5.75 Å². The van der Waals surface area contributed by atoms with Gasteiger partial charge in [-0.05, 0) is 24.7 Å². The second kappa shape index (κ2) is 7.28. The average Bonchev–Trinajstić information content (AvgIpc) is 2.47. The fourth-order valence-electron chi connectivity index (χ4n) is 2.59. The molecule has 6 nitrogen and oxygen atoms in total. The van der Waals surface area contributed by atoms with Crippen LogP contribution in [0, 0.1) is 0 Å². The number of rotatable bonds is 6. The third kappa shape index (κ3) is 4.34. The van der Waals surface area contributed by atoms with Crippen LogP contribution < -0.4 is 15.0 Å². The minimum absolute atomic E-state index is 0.0296. The molecule has 0 aromatic heterocycles. The van der Waals surface area contributed by atoms with Gasteiger partial charge in [-0.2, -0.15) is 0 Å². The van der Waals surface area contributed by atoms with Gasteiger partial charge < -0.3 is 20.1 Å². The van der Waals surface area contributed by atoms with E-state index in [-0.39, 0.29) is 6.54 Å². The van der Waals surface area contributed by atoms with Gasteiger partial charge in [0.1, 0.15) is 5.75 Å². The molecule has 0 atom stereocenters. The number of aliphatic carboxylic acids is 1. The number of anilines is 1. The van der Waals surface area contributed by atoms with Gasteiger partial charge in [-0.25, -0.2) is 0 Å². The number of methoxy groups -OCH3 is 1. The van der Waals surface area contributed by atoms with E-state index in [0.29, 0.717) is 6.54 Å². The summed E-state index contributed by atoms with van der Waals surface area (Å²) in [4.78, 5) is 14.8. The Kier molecular flexibility index (Phi) is 5.41.